The van der Waals surface area contributed by atoms with Crippen LogP contribution in [0.1, 0.15) is 32.1 Å². The normalized spacial score (nSPS) is 18.4. The molecule has 1 saturated carbocycles. The molecule has 7 nitrogen and oxygen atoms in total. The number of carbonyl (C=O) groups is 3. The molecule has 1 aromatic rings. The van der Waals surface area contributed by atoms with Crippen LogP contribution in [0.4, 0.5) is 5.69 Å². The first-order chi connectivity index (χ1) is 13.0. The van der Waals surface area contributed by atoms with Gasteiger partial charge < -0.3 is 5.32 Å². The second-order valence-electron chi connectivity index (χ2n) is 7.21. The molecule has 3 N–H and O–H groups in total. The first-order valence-electron chi connectivity index (χ1n) is 9.39. The molecule has 1 aromatic carbocycles. The van der Waals surface area contributed by atoms with Crippen molar-refractivity contribution in [2.75, 3.05) is 25.0 Å². The quantitative estimate of drug-likeness (QED) is 0.616. The maximum absolute atomic E-state index is 12.4. The highest BCUT2D eigenvalue weighted by molar-refractivity contribution is 9.10. The first-order valence-corrected chi connectivity index (χ1v) is 10.2. The zero-order valence-electron chi connectivity index (χ0n) is 15.2. The highest BCUT2D eigenvalue weighted by Gasteiger charge is 2.27. The van der Waals surface area contributed by atoms with Gasteiger partial charge in [-0.1, -0.05) is 22.4 Å². The molecule has 146 valence electrons. The van der Waals surface area contributed by atoms with Crippen molar-refractivity contribution in [3.05, 3.63) is 28.7 Å². The lowest BCUT2D eigenvalue weighted by Gasteiger charge is -2.31. The van der Waals surface area contributed by atoms with E-state index < -0.39 is 0 Å². The fourth-order valence-electron chi connectivity index (χ4n) is 3.28. The molecule has 0 bridgehead atoms. The van der Waals surface area contributed by atoms with Gasteiger partial charge in [-0.3, -0.25) is 30.1 Å². The zero-order chi connectivity index (χ0) is 19.2. The Balaban J connectivity index is 1.35. The Kier molecular flexibility index (Phi) is 6.84. The highest BCUT2D eigenvalue weighted by atomic mass is 79.9. The van der Waals surface area contributed by atoms with Crippen molar-refractivity contribution in [2.45, 2.75) is 32.1 Å². The van der Waals surface area contributed by atoms with Crippen molar-refractivity contribution < 1.29 is 14.4 Å². The van der Waals surface area contributed by atoms with Gasteiger partial charge in [0.05, 0.1) is 6.54 Å². The molecule has 0 unspecified atom stereocenters. The summed E-state index contributed by atoms with van der Waals surface area (Å²) in [6.07, 6.45) is 4.31. The van der Waals surface area contributed by atoms with Gasteiger partial charge in [0.25, 0.3) is 5.91 Å². The van der Waals surface area contributed by atoms with Crippen LogP contribution in [0.15, 0.2) is 28.7 Å². The molecule has 2 fully saturated rings. The van der Waals surface area contributed by atoms with E-state index in [2.05, 4.69) is 32.1 Å². The van der Waals surface area contributed by atoms with Crippen LogP contribution >= 0.6 is 15.9 Å². The van der Waals surface area contributed by atoms with E-state index >= 15 is 0 Å². The van der Waals surface area contributed by atoms with E-state index in [1.54, 1.807) is 0 Å². The van der Waals surface area contributed by atoms with Crippen LogP contribution in [0.2, 0.25) is 0 Å². The van der Waals surface area contributed by atoms with Crippen LogP contribution in [0.25, 0.3) is 0 Å². The summed E-state index contributed by atoms with van der Waals surface area (Å²) in [4.78, 5) is 38.1. The molecule has 3 amide bonds. The number of hydrazine groups is 1. The molecule has 1 aliphatic heterocycles. The van der Waals surface area contributed by atoms with Crippen LogP contribution in [0.3, 0.4) is 0 Å². The Morgan fingerprint density at radius 2 is 1.56 bits per heavy atom. The van der Waals surface area contributed by atoms with Gasteiger partial charge in [-0.2, -0.15) is 0 Å². The number of hydrogen-bond donors (Lipinski definition) is 3. The minimum absolute atomic E-state index is 0.0224. The van der Waals surface area contributed by atoms with Crippen LogP contribution in [-0.2, 0) is 14.4 Å². The van der Waals surface area contributed by atoms with Crippen molar-refractivity contribution in [2.24, 2.45) is 11.8 Å². The third-order valence-electron chi connectivity index (χ3n) is 5.24. The van der Waals surface area contributed by atoms with E-state index in [1.165, 1.54) is 0 Å². The number of amides is 3. The number of halogens is 1. The summed E-state index contributed by atoms with van der Waals surface area (Å²) in [5.74, 6) is -0.302. The number of piperidine rings is 1. The molecular formula is C19H25BrN4O3. The fourth-order valence-corrected chi connectivity index (χ4v) is 3.54. The second-order valence-corrected chi connectivity index (χ2v) is 8.13. The predicted molar refractivity (Wildman–Crippen MR) is 106 cm³/mol. The van der Waals surface area contributed by atoms with Crippen molar-refractivity contribution in [3.63, 3.8) is 0 Å². The van der Waals surface area contributed by atoms with E-state index in [-0.39, 0.29) is 36.1 Å². The summed E-state index contributed by atoms with van der Waals surface area (Å²) in [7, 11) is 0. The average molecular weight is 437 g/mol. The van der Waals surface area contributed by atoms with E-state index in [0.717, 1.165) is 29.4 Å². The van der Waals surface area contributed by atoms with E-state index in [1.807, 2.05) is 29.2 Å². The maximum atomic E-state index is 12.4. The number of likely N-dealkylation sites (tertiary alicyclic amines) is 1. The summed E-state index contributed by atoms with van der Waals surface area (Å²) in [5.41, 5.74) is 5.77. The zero-order valence-corrected chi connectivity index (χ0v) is 16.8. The molecule has 0 atom stereocenters. The number of hydrogen-bond acceptors (Lipinski definition) is 4. The summed E-state index contributed by atoms with van der Waals surface area (Å²) < 4.78 is 0.968. The molecule has 27 heavy (non-hydrogen) atoms. The lowest BCUT2D eigenvalue weighted by molar-refractivity contribution is -0.133. The van der Waals surface area contributed by atoms with Crippen molar-refractivity contribution in [3.8, 4) is 0 Å². The lowest BCUT2D eigenvalue weighted by atomic mass is 9.85. The minimum atomic E-state index is -0.222. The van der Waals surface area contributed by atoms with Crippen LogP contribution in [0.5, 0.6) is 0 Å². The smallest absolute Gasteiger partial charge is 0.252 e. The number of nitrogens with one attached hydrogen (secondary N) is 3. The molecule has 1 saturated heterocycles. The van der Waals surface area contributed by atoms with Crippen molar-refractivity contribution in [1.29, 1.82) is 0 Å². The highest BCUT2D eigenvalue weighted by Crippen LogP contribution is 2.26. The number of carbonyl (C=O) groups excluding carboxylic acids is 3. The van der Waals surface area contributed by atoms with E-state index in [0.29, 0.717) is 25.9 Å². The molecule has 1 heterocycles. The van der Waals surface area contributed by atoms with Crippen LogP contribution < -0.4 is 16.2 Å². The average Bonchev–Trinajstić information content (AvgIpc) is 2.61. The second kappa shape index (κ2) is 9.32. The van der Waals surface area contributed by atoms with Gasteiger partial charge >= 0.3 is 0 Å². The number of nitrogens with zero attached hydrogens (tertiary/aromatic N) is 1. The third-order valence-corrected chi connectivity index (χ3v) is 5.77. The Bertz CT molecular complexity index is 683. The number of anilines is 1. The van der Waals surface area contributed by atoms with Crippen LogP contribution in [-0.4, -0.2) is 42.3 Å². The van der Waals surface area contributed by atoms with Gasteiger partial charge in [-0.25, -0.2) is 0 Å². The van der Waals surface area contributed by atoms with Gasteiger partial charge in [0.15, 0.2) is 0 Å². The molecule has 0 spiro atoms. The molecule has 8 heteroatoms. The van der Waals surface area contributed by atoms with Gasteiger partial charge in [0.1, 0.15) is 0 Å². The summed E-state index contributed by atoms with van der Waals surface area (Å²) in [6.45, 7) is 1.59. The standard InChI is InChI=1S/C19H25BrN4O3/c20-15-4-6-16(7-5-15)21-18(26)14-8-10-24(11-9-14)12-17(25)22-23-19(27)13-2-1-3-13/h4-7,13-14H,1-3,8-12H2,(H,21,26)(H,22,25)(H,23,27). The molecular weight excluding hydrogens is 412 g/mol. The largest absolute Gasteiger partial charge is 0.326 e. The fraction of sp³-hybridized carbons (Fsp3) is 0.526. The van der Waals surface area contributed by atoms with Crippen molar-refractivity contribution in [1.82, 2.24) is 15.8 Å². The van der Waals surface area contributed by atoms with Gasteiger partial charge in [0, 0.05) is 22.0 Å². The minimum Gasteiger partial charge on any atom is -0.326 e. The van der Waals surface area contributed by atoms with E-state index in [9.17, 15) is 14.4 Å². The lowest BCUT2D eigenvalue weighted by Crippen LogP contribution is -2.50. The molecule has 2 aliphatic rings. The third kappa shape index (κ3) is 5.77. The van der Waals surface area contributed by atoms with Gasteiger partial charge in [-0.15, -0.1) is 0 Å². The molecule has 0 aromatic heterocycles. The summed E-state index contributed by atoms with van der Waals surface area (Å²) in [5, 5.41) is 2.94. The van der Waals surface area contributed by atoms with Crippen molar-refractivity contribution >= 4 is 39.3 Å². The Labute approximate surface area is 167 Å². The van der Waals surface area contributed by atoms with E-state index in [4.69, 9.17) is 0 Å². The van der Waals surface area contributed by atoms with Gasteiger partial charge in [0.2, 0.25) is 11.8 Å². The summed E-state index contributed by atoms with van der Waals surface area (Å²) >= 11 is 3.37. The predicted octanol–water partition coefficient (Wildman–Crippen LogP) is 2.05. The Hall–Kier alpha value is -1.93. The van der Waals surface area contributed by atoms with Gasteiger partial charge in [-0.05, 0) is 63.0 Å². The monoisotopic (exact) mass is 436 g/mol. The molecule has 3 rings (SSSR count). The molecule has 1 aliphatic carbocycles. The SMILES string of the molecule is O=C(CN1CCC(C(=O)Nc2ccc(Br)cc2)CC1)NNC(=O)C1CCC1. The summed E-state index contributed by atoms with van der Waals surface area (Å²) in [6, 6.07) is 7.50. The maximum Gasteiger partial charge on any atom is 0.252 e. The first kappa shape index (κ1) is 19.8. The number of benzene rings is 1. The topological polar surface area (TPSA) is 90.5 Å². The van der Waals surface area contributed by atoms with Crippen LogP contribution in [0, 0.1) is 11.8 Å². The Morgan fingerprint density at radius 1 is 0.926 bits per heavy atom. The molecule has 0 radical (unpaired) electrons. The number of rotatable bonds is 5. The Morgan fingerprint density at radius 3 is 2.15 bits per heavy atom.